The van der Waals surface area contributed by atoms with Crippen molar-refractivity contribution in [2.75, 3.05) is 47.3 Å². The van der Waals surface area contributed by atoms with Crippen molar-refractivity contribution in [3.8, 4) is 0 Å². The Bertz CT molecular complexity index is 104. The zero-order valence-corrected chi connectivity index (χ0v) is 9.42. The number of unbranched alkanes of at least 4 members (excludes halogenated alkanes) is 2. The van der Waals surface area contributed by atoms with E-state index in [0.29, 0.717) is 0 Å². The van der Waals surface area contributed by atoms with E-state index in [9.17, 15) is 0 Å². The van der Waals surface area contributed by atoms with E-state index < -0.39 is 0 Å². The molecule has 0 aliphatic carbocycles. The lowest BCUT2D eigenvalue weighted by molar-refractivity contribution is 0.277. The molecule has 0 saturated heterocycles. The van der Waals surface area contributed by atoms with E-state index in [4.69, 9.17) is 5.73 Å². The van der Waals surface area contributed by atoms with Crippen molar-refractivity contribution in [3.63, 3.8) is 0 Å². The quantitative estimate of drug-likeness (QED) is 0.565. The monoisotopic (exact) mass is 187 g/mol. The summed E-state index contributed by atoms with van der Waals surface area (Å²) in [6, 6.07) is 0. The van der Waals surface area contributed by atoms with E-state index >= 15 is 0 Å². The van der Waals surface area contributed by atoms with Crippen LogP contribution < -0.4 is 5.73 Å². The Morgan fingerprint density at radius 2 is 1.54 bits per heavy atom. The Balaban J connectivity index is 3.15. The molecule has 0 atom stereocenters. The van der Waals surface area contributed by atoms with Gasteiger partial charge in [0.15, 0.2) is 0 Å². The fourth-order valence-electron chi connectivity index (χ4n) is 1.19. The summed E-state index contributed by atoms with van der Waals surface area (Å²) in [7, 11) is 6.41. The third-order valence-corrected chi connectivity index (χ3v) is 2.17. The van der Waals surface area contributed by atoms with Crippen molar-refractivity contribution >= 4 is 0 Å². The normalized spacial score (nSPS) is 11.5. The minimum atomic E-state index is 0.835. The highest BCUT2D eigenvalue weighted by Crippen LogP contribution is 1.95. The topological polar surface area (TPSA) is 32.5 Å². The second-order valence-corrected chi connectivity index (χ2v) is 3.96. The van der Waals surface area contributed by atoms with E-state index in [1.54, 1.807) is 0 Å². The molecule has 0 aliphatic heterocycles. The van der Waals surface area contributed by atoms with Crippen molar-refractivity contribution in [3.05, 3.63) is 0 Å². The summed E-state index contributed by atoms with van der Waals surface area (Å²) >= 11 is 0. The number of nitrogens with zero attached hydrogens (tertiary/aromatic N) is 2. The Hall–Kier alpha value is -0.120. The molecule has 0 radical (unpaired) electrons. The van der Waals surface area contributed by atoms with Crippen LogP contribution in [-0.2, 0) is 0 Å². The van der Waals surface area contributed by atoms with Gasteiger partial charge in [-0.25, -0.2) is 0 Å². The van der Waals surface area contributed by atoms with Gasteiger partial charge in [0.1, 0.15) is 0 Å². The summed E-state index contributed by atoms with van der Waals surface area (Å²) in [5.74, 6) is 0. The van der Waals surface area contributed by atoms with Crippen molar-refractivity contribution in [1.82, 2.24) is 9.80 Å². The predicted molar refractivity (Wildman–Crippen MR) is 59.0 cm³/mol. The van der Waals surface area contributed by atoms with Gasteiger partial charge in [0.25, 0.3) is 0 Å². The van der Waals surface area contributed by atoms with Gasteiger partial charge in [0, 0.05) is 13.1 Å². The van der Waals surface area contributed by atoms with E-state index in [-0.39, 0.29) is 0 Å². The van der Waals surface area contributed by atoms with E-state index in [0.717, 1.165) is 19.6 Å². The minimum absolute atomic E-state index is 0.835. The van der Waals surface area contributed by atoms with Gasteiger partial charge in [-0.1, -0.05) is 6.42 Å². The number of rotatable bonds is 8. The summed E-state index contributed by atoms with van der Waals surface area (Å²) < 4.78 is 0. The fourth-order valence-corrected chi connectivity index (χ4v) is 1.19. The fraction of sp³-hybridized carbons (Fsp3) is 1.00. The lowest BCUT2D eigenvalue weighted by atomic mass is 10.2. The average molecular weight is 187 g/mol. The molecule has 0 aromatic carbocycles. The first kappa shape index (κ1) is 12.9. The third kappa shape index (κ3) is 9.80. The van der Waals surface area contributed by atoms with Crippen LogP contribution in [0.1, 0.15) is 19.3 Å². The maximum Gasteiger partial charge on any atom is 0.0106 e. The molecule has 0 spiro atoms. The molecule has 0 aliphatic rings. The summed E-state index contributed by atoms with van der Waals surface area (Å²) in [6.07, 6.45) is 3.71. The van der Waals surface area contributed by atoms with Gasteiger partial charge in [0.2, 0.25) is 0 Å². The highest BCUT2D eigenvalue weighted by molar-refractivity contribution is 4.54. The van der Waals surface area contributed by atoms with Crippen LogP contribution in [0.3, 0.4) is 0 Å². The molecule has 0 amide bonds. The maximum absolute atomic E-state index is 5.42. The first-order valence-electron chi connectivity index (χ1n) is 5.20. The second kappa shape index (κ2) is 8.48. The molecule has 3 nitrogen and oxygen atoms in total. The first-order chi connectivity index (χ1) is 6.16. The van der Waals surface area contributed by atoms with Gasteiger partial charge < -0.3 is 15.5 Å². The SMILES string of the molecule is CN(C)CCN(C)CCCCCN. The van der Waals surface area contributed by atoms with Crippen LogP contribution in [0.25, 0.3) is 0 Å². The highest BCUT2D eigenvalue weighted by atomic mass is 15.1. The number of likely N-dealkylation sites (N-methyl/N-ethyl adjacent to an activating group) is 2. The maximum atomic E-state index is 5.42. The molecule has 3 heteroatoms. The minimum Gasteiger partial charge on any atom is -0.330 e. The van der Waals surface area contributed by atoms with Gasteiger partial charge in [-0.05, 0) is 47.1 Å². The van der Waals surface area contributed by atoms with Crippen LogP contribution in [0, 0.1) is 0 Å². The molecule has 0 aromatic heterocycles. The Morgan fingerprint density at radius 1 is 0.846 bits per heavy atom. The molecule has 0 aromatic rings. The Kier molecular flexibility index (Phi) is 8.40. The number of nitrogens with two attached hydrogens (primary N) is 1. The van der Waals surface area contributed by atoms with E-state index in [1.165, 1.54) is 25.8 Å². The van der Waals surface area contributed by atoms with Gasteiger partial charge in [-0.15, -0.1) is 0 Å². The van der Waals surface area contributed by atoms with Gasteiger partial charge in [-0.3, -0.25) is 0 Å². The number of hydrogen-bond acceptors (Lipinski definition) is 3. The lowest BCUT2D eigenvalue weighted by Crippen LogP contribution is -2.29. The molecule has 0 heterocycles. The molecular formula is C10H25N3. The molecule has 0 fully saturated rings. The zero-order valence-electron chi connectivity index (χ0n) is 9.42. The highest BCUT2D eigenvalue weighted by Gasteiger charge is 1.98. The summed E-state index contributed by atoms with van der Waals surface area (Å²) in [6.45, 7) is 4.35. The largest absolute Gasteiger partial charge is 0.330 e. The van der Waals surface area contributed by atoms with Crippen molar-refractivity contribution in [2.45, 2.75) is 19.3 Å². The lowest BCUT2D eigenvalue weighted by Gasteiger charge is -2.18. The molecule has 13 heavy (non-hydrogen) atoms. The number of hydrogen-bond donors (Lipinski definition) is 1. The van der Waals surface area contributed by atoms with E-state index in [2.05, 4.69) is 30.9 Å². The van der Waals surface area contributed by atoms with Gasteiger partial charge in [-0.2, -0.15) is 0 Å². The van der Waals surface area contributed by atoms with Crippen LogP contribution in [-0.4, -0.2) is 57.1 Å². The third-order valence-electron chi connectivity index (χ3n) is 2.17. The molecular weight excluding hydrogens is 162 g/mol. The van der Waals surface area contributed by atoms with E-state index in [1.807, 2.05) is 0 Å². The van der Waals surface area contributed by atoms with Crippen molar-refractivity contribution in [1.29, 1.82) is 0 Å². The molecule has 0 unspecified atom stereocenters. The van der Waals surface area contributed by atoms with Crippen LogP contribution in [0.4, 0.5) is 0 Å². The molecule has 2 N–H and O–H groups in total. The zero-order chi connectivity index (χ0) is 10.1. The molecule has 0 saturated carbocycles. The van der Waals surface area contributed by atoms with Crippen LogP contribution in [0.2, 0.25) is 0 Å². The van der Waals surface area contributed by atoms with Crippen LogP contribution in [0.5, 0.6) is 0 Å². The summed E-state index contributed by atoms with van der Waals surface area (Å²) in [5.41, 5.74) is 5.42. The van der Waals surface area contributed by atoms with Crippen LogP contribution >= 0.6 is 0 Å². The molecule has 80 valence electrons. The molecule has 0 rings (SSSR count). The summed E-state index contributed by atoms with van der Waals surface area (Å²) in [5, 5.41) is 0. The predicted octanol–water partition coefficient (Wildman–Crippen LogP) is 0.609. The van der Waals surface area contributed by atoms with Crippen molar-refractivity contribution < 1.29 is 0 Å². The Morgan fingerprint density at radius 3 is 2.08 bits per heavy atom. The summed E-state index contributed by atoms with van der Waals surface area (Å²) in [4.78, 5) is 4.60. The standard InChI is InChI=1S/C10H25N3/c1-12(2)9-10-13(3)8-6-4-5-7-11/h4-11H2,1-3H3. The smallest absolute Gasteiger partial charge is 0.0106 e. The average Bonchev–Trinajstić information content (AvgIpc) is 2.09. The van der Waals surface area contributed by atoms with Crippen LogP contribution in [0.15, 0.2) is 0 Å². The first-order valence-corrected chi connectivity index (χ1v) is 5.20. The van der Waals surface area contributed by atoms with Crippen molar-refractivity contribution in [2.24, 2.45) is 5.73 Å². The Labute approximate surface area is 82.9 Å². The van der Waals surface area contributed by atoms with Gasteiger partial charge in [0.05, 0.1) is 0 Å². The van der Waals surface area contributed by atoms with Gasteiger partial charge >= 0.3 is 0 Å². The second-order valence-electron chi connectivity index (χ2n) is 3.96. The molecule has 0 bridgehead atoms.